The van der Waals surface area contributed by atoms with Gasteiger partial charge in [0.15, 0.2) is 0 Å². The summed E-state index contributed by atoms with van der Waals surface area (Å²) in [5, 5.41) is 16.8. The number of anilines is 1. The molecular weight excluding hydrogens is 320 g/mol. The molecule has 0 saturated carbocycles. The second-order valence-electron chi connectivity index (χ2n) is 6.49. The molecule has 1 aliphatic rings. The van der Waals surface area contributed by atoms with Crippen LogP contribution >= 0.6 is 0 Å². The lowest BCUT2D eigenvalue weighted by molar-refractivity contribution is -0.114. The van der Waals surface area contributed by atoms with Crippen LogP contribution in [0.15, 0.2) is 36.7 Å². The lowest BCUT2D eigenvalue weighted by Crippen LogP contribution is -2.32. The number of aromatic hydroxyl groups is 1. The molecule has 7 nitrogen and oxygen atoms in total. The summed E-state index contributed by atoms with van der Waals surface area (Å²) in [6, 6.07) is 7.85. The molecule has 0 radical (unpaired) electrons. The van der Waals surface area contributed by atoms with Crippen molar-refractivity contribution in [3.63, 3.8) is 0 Å². The Bertz CT molecular complexity index is 731. The van der Waals surface area contributed by atoms with E-state index in [4.69, 9.17) is 4.74 Å². The smallest absolute Gasteiger partial charge is 0.221 e. The molecule has 0 unspecified atom stereocenters. The second kappa shape index (κ2) is 7.67. The number of nitrogens with zero attached hydrogens (tertiary/aromatic N) is 3. The first kappa shape index (κ1) is 17.4. The fraction of sp³-hybridized carbons (Fsp3) is 0.444. The second-order valence-corrected chi connectivity index (χ2v) is 6.49. The lowest BCUT2D eigenvalue weighted by Gasteiger charge is -2.23. The molecule has 1 amide bonds. The highest BCUT2D eigenvalue weighted by Gasteiger charge is 2.33. The molecule has 1 aromatic carbocycles. The summed E-state index contributed by atoms with van der Waals surface area (Å²) >= 11 is 0. The van der Waals surface area contributed by atoms with Crippen LogP contribution in [0.2, 0.25) is 0 Å². The van der Waals surface area contributed by atoms with E-state index >= 15 is 0 Å². The molecule has 2 heterocycles. The zero-order valence-corrected chi connectivity index (χ0v) is 14.6. The number of rotatable bonds is 6. The maximum Gasteiger partial charge on any atom is 0.221 e. The first-order valence-electron chi connectivity index (χ1n) is 8.38. The number of methoxy groups -OCH3 is 1. The number of carbonyl (C=O) groups is 1. The zero-order valence-electron chi connectivity index (χ0n) is 14.6. The number of hydrogen-bond acceptors (Lipinski definition) is 5. The van der Waals surface area contributed by atoms with Crippen LogP contribution in [-0.4, -0.2) is 52.0 Å². The quantitative estimate of drug-likeness (QED) is 0.838. The summed E-state index contributed by atoms with van der Waals surface area (Å²) < 4.78 is 7.29. The molecule has 1 saturated heterocycles. The highest BCUT2D eigenvalue weighted by Crippen LogP contribution is 2.29. The number of phenols is 1. The molecule has 134 valence electrons. The largest absolute Gasteiger partial charge is 0.508 e. The Morgan fingerprint density at radius 1 is 1.48 bits per heavy atom. The van der Waals surface area contributed by atoms with E-state index in [1.54, 1.807) is 25.4 Å². The van der Waals surface area contributed by atoms with E-state index in [2.05, 4.69) is 15.3 Å². The SMILES string of the molecule is COC[C@@H]1C[C@H](n2cc(NC(C)=O)cn2)CN1Cc1cccc(O)c1. The summed E-state index contributed by atoms with van der Waals surface area (Å²) in [5.41, 5.74) is 1.78. The Labute approximate surface area is 147 Å². The molecule has 1 fully saturated rings. The van der Waals surface area contributed by atoms with Crippen molar-refractivity contribution in [3.8, 4) is 5.75 Å². The first-order valence-corrected chi connectivity index (χ1v) is 8.38. The average molecular weight is 344 g/mol. The van der Waals surface area contributed by atoms with Crippen LogP contribution in [0.5, 0.6) is 5.75 Å². The predicted octanol–water partition coefficient (Wildman–Crippen LogP) is 2.01. The number of amides is 1. The average Bonchev–Trinajstić information content (AvgIpc) is 3.15. The van der Waals surface area contributed by atoms with E-state index < -0.39 is 0 Å². The van der Waals surface area contributed by atoms with Crippen LogP contribution in [0, 0.1) is 0 Å². The monoisotopic (exact) mass is 344 g/mol. The third kappa shape index (κ3) is 4.37. The van der Waals surface area contributed by atoms with Gasteiger partial charge in [-0.1, -0.05) is 12.1 Å². The molecule has 1 aromatic heterocycles. The van der Waals surface area contributed by atoms with E-state index in [1.165, 1.54) is 6.92 Å². The van der Waals surface area contributed by atoms with Gasteiger partial charge in [-0.25, -0.2) is 0 Å². The Morgan fingerprint density at radius 3 is 3.04 bits per heavy atom. The highest BCUT2D eigenvalue weighted by molar-refractivity contribution is 5.88. The minimum Gasteiger partial charge on any atom is -0.508 e. The Morgan fingerprint density at radius 2 is 2.32 bits per heavy atom. The van der Waals surface area contributed by atoms with Crippen LogP contribution in [0.25, 0.3) is 0 Å². The molecular formula is C18H24N4O3. The zero-order chi connectivity index (χ0) is 17.8. The van der Waals surface area contributed by atoms with Crippen LogP contribution in [0.3, 0.4) is 0 Å². The van der Waals surface area contributed by atoms with Gasteiger partial charge in [-0.3, -0.25) is 14.4 Å². The number of aromatic nitrogens is 2. The van der Waals surface area contributed by atoms with E-state index in [0.29, 0.717) is 12.3 Å². The van der Waals surface area contributed by atoms with Crippen LogP contribution in [0.4, 0.5) is 5.69 Å². The standard InChI is InChI=1S/C18H24N4O3/c1-13(23)20-15-8-19-22(10-15)16-7-17(12-25-2)21(11-16)9-14-4-3-5-18(24)6-14/h3-6,8,10,16-17,24H,7,9,11-12H2,1-2H3,(H,20,23)/t16-,17-/m0/s1. The van der Waals surface area contributed by atoms with Crippen molar-refractivity contribution >= 4 is 11.6 Å². The number of hydrogen-bond donors (Lipinski definition) is 2. The molecule has 0 aliphatic carbocycles. The molecule has 7 heteroatoms. The van der Waals surface area contributed by atoms with Crippen molar-refractivity contribution in [2.45, 2.75) is 32.0 Å². The number of ether oxygens (including phenoxy) is 1. The van der Waals surface area contributed by atoms with Gasteiger partial charge in [0.25, 0.3) is 0 Å². The lowest BCUT2D eigenvalue weighted by atomic mass is 10.1. The van der Waals surface area contributed by atoms with Gasteiger partial charge in [-0.2, -0.15) is 5.10 Å². The Hall–Kier alpha value is -2.38. The van der Waals surface area contributed by atoms with Gasteiger partial charge in [0, 0.05) is 39.4 Å². The molecule has 2 aromatic rings. The van der Waals surface area contributed by atoms with Crippen molar-refractivity contribution in [1.82, 2.24) is 14.7 Å². The molecule has 3 rings (SSSR count). The van der Waals surface area contributed by atoms with Crippen molar-refractivity contribution in [3.05, 3.63) is 42.2 Å². The summed E-state index contributed by atoms with van der Waals surface area (Å²) in [7, 11) is 1.71. The summed E-state index contributed by atoms with van der Waals surface area (Å²) in [6.45, 7) is 3.72. The summed E-state index contributed by atoms with van der Waals surface area (Å²) in [6.07, 6.45) is 4.46. The predicted molar refractivity (Wildman–Crippen MR) is 94.4 cm³/mol. The molecule has 0 spiro atoms. The van der Waals surface area contributed by atoms with E-state index in [-0.39, 0.29) is 23.7 Å². The third-order valence-corrected chi connectivity index (χ3v) is 4.46. The van der Waals surface area contributed by atoms with Gasteiger partial charge < -0.3 is 15.2 Å². The fourth-order valence-corrected chi connectivity index (χ4v) is 3.40. The van der Waals surface area contributed by atoms with Crippen molar-refractivity contribution in [2.75, 3.05) is 25.6 Å². The van der Waals surface area contributed by atoms with Gasteiger partial charge in [0.1, 0.15) is 5.75 Å². The van der Waals surface area contributed by atoms with Gasteiger partial charge >= 0.3 is 0 Å². The molecule has 0 bridgehead atoms. The van der Waals surface area contributed by atoms with Crippen molar-refractivity contribution in [2.24, 2.45) is 0 Å². The number of likely N-dealkylation sites (tertiary alicyclic amines) is 1. The van der Waals surface area contributed by atoms with Gasteiger partial charge in [0.2, 0.25) is 5.91 Å². The number of benzene rings is 1. The van der Waals surface area contributed by atoms with Crippen LogP contribution in [-0.2, 0) is 16.1 Å². The van der Waals surface area contributed by atoms with Crippen molar-refractivity contribution in [1.29, 1.82) is 0 Å². The van der Waals surface area contributed by atoms with Gasteiger partial charge in [-0.05, 0) is 24.1 Å². The van der Waals surface area contributed by atoms with Crippen LogP contribution in [0.1, 0.15) is 24.9 Å². The van der Waals surface area contributed by atoms with Gasteiger partial charge in [0.05, 0.1) is 24.5 Å². The topological polar surface area (TPSA) is 79.6 Å². The minimum atomic E-state index is -0.103. The number of nitrogens with one attached hydrogen (secondary N) is 1. The maximum absolute atomic E-state index is 11.2. The number of carbonyl (C=O) groups excluding carboxylic acids is 1. The van der Waals surface area contributed by atoms with Gasteiger partial charge in [-0.15, -0.1) is 0 Å². The molecule has 2 atom stereocenters. The Kier molecular flexibility index (Phi) is 5.35. The summed E-state index contributed by atoms with van der Waals surface area (Å²) in [4.78, 5) is 13.5. The maximum atomic E-state index is 11.2. The Balaban J connectivity index is 1.71. The fourth-order valence-electron chi connectivity index (χ4n) is 3.40. The normalized spacial score (nSPS) is 20.7. The molecule has 1 aliphatic heterocycles. The van der Waals surface area contributed by atoms with Crippen molar-refractivity contribution < 1.29 is 14.6 Å². The van der Waals surface area contributed by atoms with Crippen LogP contribution < -0.4 is 5.32 Å². The third-order valence-electron chi connectivity index (χ3n) is 4.46. The summed E-state index contributed by atoms with van der Waals surface area (Å²) in [5.74, 6) is 0.178. The molecule has 2 N–H and O–H groups in total. The van der Waals surface area contributed by atoms with E-state index in [0.717, 1.165) is 25.1 Å². The number of phenolic OH excluding ortho intramolecular Hbond substituents is 1. The highest BCUT2D eigenvalue weighted by atomic mass is 16.5. The minimum absolute atomic E-state index is 0.103. The van der Waals surface area contributed by atoms with E-state index in [1.807, 2.05) is 23.0 Å². The van der Waals surface area contributed by atoms with E-state index in [9.17, 15) is 9.90 Å². The first-order chi connectivity index (χ1) is 12.0. The molecule has 25 heavy (non-hydrogen) atoms.